The van der Waals surface area contributed by atoms with Gasteiger partial charge in [-0.2, -0.15) is 0 Å². The van der Waals surface area contributed by atoms with E-state index in [4.69, 9.17) is 0 Å². The van der Waals surface area contributed by atoms with E-state index in [9.17, 15) is 14.4 Å². The quantitative estimate of drug-likeness (QED) is 0.421. The van der Waals surface area contributed by atoms with E-state index in [1.807, 2.05) is 11.0 Å². The van der Waals surface area contributed by atoms with Crippen LogP contribution in [0.2, 0.25) is 0 Å². The van der Waals surface area contributed by atoms with Crippen molar-refractivity contribution in [2.75, 3.05) is 32.7 Å². The van der Waals surface area contributed by atoms with Gasteiger partial charge in [0.15, 0.2) is 0 Å². The standard InChI is InChI=1S/C28H44N4O3/c1-3-5-14-25(33)29-18-10-9-13-24-26(34)32(19-4-2)28(27(35)30-24)16-21-31(22-17-28)20-15-23-11-7-6-8-12-23/h6-8,11-12,24H,3-5,9-10,13-22H2,1-2H3,(H,29,33)(H,30,35)/t24-/m0/s1. The van der Waals surface area contributed by atoms with E-state index >= 15 is 0 Å². The number of carbonyl (C=O) groups is 3. The van der Waals surface area contributed by atoms with Crippen LogP contribution in [0.5, 0.6) is 0 Å². The van der Waals surface area contributed by atoms with Gasteiger partial charge in [0.25, 0.3) is 0 Å². The summed E-state index contributed by atoms with van der Waals surface area (Å²) in [6.07, 6.45) is 7.95. The van der Waals surface area contributed by atoms with Crippen molar-refractivity contribution in [2.45, 2.75) is 89.6 Å². The lowest BCUT2D eigenvalue weighted by Gasteiger charge is -2.51. The van der Waals surface area contributed by atoms with Crippen LogP contribution < -0.4 is 10.6 Å². The third kappa shape index (κ3) is 7.29. The van der Waals surface area contributed by atoms with Crippen LogP contribution in [0.25, 0.3) is 0 Å². The molecule has 7 nitrogen and oxygen atoms in total. The monoisotopic (exact) mass is 484 g/mol. The van der Waals surface area contributed by atoms with Crippen LogP contribution in [0.1, 0.15) is 77.2 Å². The number of nitrogens with one attached hydrogen (secondary N) is 2. The van der Waals surface area contributed by atoms with Crippen LogP contribution in [0.15, 0.2) is 30.3 Å². The molecule has 0 aliphatic carbocycles. The van der Waals surface area contributed by atoms with Gasteiger partial charge in [-0.25, -0.2) is 0 Å². The first-order valence-electron chi connectivity index (χ1n) is 13.7. The molecule has 0 bridgehead atoms. The zero-order valence-electron chi connectivity index (χ0n) is 21.7. The molecule has 194 valence electrons. The van der Waals surface area contributed by atoms with Crippen LogP contribution in [-0.2, 0) is 20.8 Å². The van der Waals surface area contributed by atoms with Crippen LogP contribution >= 0.6 is 0 Å². The Hall–Kier alpha value is -2.41. The summed E-state index contributed by atoms with van der Waals surface area (Å²) in [5.41, 5.74) is 0.620. The molecule has 2 heterocycles. The molecule has 1 atom stereocenters. The Kier molecular flexibility index (Phi) is 10.6. The molecule has 2 N–H and O–H groups in total. The van der Waals surface area contributed by atoms with E-state index in [1.54, 1.807) is 0 Å². The first kappa shape index (κ1) is 27.2. The van der Waals surface area contributed by atoms with Gasteiger partial charge in [0, 0.05) is 39.1 Å². The largest absolute Gasteiger partial charge is 0.356 e. The molecule has 2 fully saturated rings. The number of piperazine rings is 1. The number of benzene rings is 1. The molecule has 3 amide bonds. The summed E-state index contributed by atoms with van der Waals surface area (Å²) in [4.78, 5) is 42.9. The van der Waals surface area contributed by atoms with E-state index in [2.05, 4.69) is 53.6 Å². The van der Waals surface area contributed by atoms with Crippen LogP contribution in [0.3, 0.4) is 0 Å². The number of unbranched alkanes of at least 4 members (excludes halogenated alkanes) is 2. The third-order valence-electron chi connectivity index (χ3n) is 7.50. The lowest BCUT2D eigenvalue weighted by Crippen LogP contribution is -2.72. The minimum Gasteiger partial charge on any atom is -0.356 e. The van der Waals surface area contributed by atoms with E-state index in [0.29, 0.717) is 38.8 Å². The molecule has 0 unspecified atom stereocenters. The second-order valence-electron chi connectivity index (χ2n) is 10.1. The van der Waals surface area contributed by atoms with Gasteiger partial charge in [-0.15, -0.1) is 0 Å². The number of hydrogen-bond donors (Lipinski definition) is 2. The highest BCUT2D eigenvalue weighted by atomic mass is 16.2. The summed E-state index contributed by atoms with van der Waals surface area (Å²) in [7, 11) is 0. The Morgan fingerprint density at radius 3 is 2.46 bits per heavy atom. The molecule has 2 saturated heterocycles. The maximum Gasteiger partial charge on any atom is 0.246 e. The Morgan fingerprint density at radius 1 is 1.03 bits per heavy atom. The van der Waals surface area contributed by atoms with Gasteiger partial charge < -0.3 is 20.4 Å². The number of rotatable bonds is 13. The summed E-state index contributed by atoms with van der Waals surface area (Å²) < 4.78 is 0. The van der Waals surface area contributed by atoms with Gasteiger partial charge in [0.1, 0.15) is 11.6 Å². The fourth-order valence-corrected chi connectivity index (χ4v) is 5.32. The second kappa shape index (κ2) is 13.6. The molecule has 0 radical (unpaired) electrons. The number of amides is 3. The fourth-order valence-electron chi connectivity index (χ4n) is 5.32. The normalized spacial score (nSPS) is 20.2. The molecule has 3 rings (SSSR count). The number of piperidine rings is 1. The van der Waals surface area contributed by atoms with Crippen molar-refractivity contribution in [3.63, 3.8) is 0 Å². The van der Waals surface area contributed by atoms with Gasteiger partial charge in [-0.05, 0) is 56.9 Å². The second-order valence-corrected chi connectivity index (χ2v) is 10.1. The Balaban J connectivity index is 1.49. The predicted molar refractivity (Wildman–Crippen MR) is 139 cm³/mol. The SMILES string of the molecule is CCCCC(=O)NCCCC[C@@H]1NC(=O)C2(CCN(CCc3ccccc3)CC2)N(CCC)C1=O. The lowest BCUT2D eigenvalue weighted by molar-refractivity contribution is -0.161. The molecule has 0 aromatic heterocycles. The van der Waals surface area contributed by atoms with Crippen molar-refractivity contribution in [3.05, 3.63) is 35.9 Å². The number of likely N-dealkylation sites (tertiary alicyclic amines) is 1. The number of carbonyl (C=O) groups excluding carboxylic acids is 3. The molecule has 1 spiro atoms. The molecule has 1 aromatic carbocycles. The smallest absolute Gasteiger partial charge is 0.246 e. The highest BCUT2D eigenvalue weighted by Crippen LogP contribution is 2.34. The van der Waals surface area contributed by atoms with Gasteiger partial charge in [0.2, 0.25) is 17.7 Å². The van der Waals surface area contributed by atoms with E-state index in [-0.39, 0.29) is 17.7 Å². The molecule has 2 aliphatic heterocycles. The summed E-state index contributed by atoms with van der Waals surface area (Å²) >= 11 is 0. The van der Waals surface area contributed by atoms with Crippen molar-refractivity contribution < 1.29 is 14.4 Å². The van der Waals surface area contributed by atoms with Crippen molar-refractivity contribution in [1.82, 2.24) is 20.4 Å². The number of nitrogens with zero attached hydrogens (tertiary/aromatic N) is 2. The van der Waals surface area contributed by atoms with Crippen molar-refractivity contribution in [1.29, 1.82) is 0 Å². The van der Waals surface area contributed by atoms with Crippen LogP contribution in [0.4, 0.5) is 0 Å². The fraction of sp³-hybridized carbons (Fsp3) is 0.679. The first-order chi connectivity index (χ1) is 17.0. The van der Waals surface area contributed by atoms with E-state index in [1.165, 1.54) is 5.56 Å². The summed E-state index contributed by atoms with van der Waals surface area (Å²) in [5, 5.41) is 6.03. The first-order valence-corrected chi connectivity index (χ1v) is 13.7. The third-order valence-corrected chi connectivity index (χ3v) is 7.50. The molecule has 35 heavy (non-hydrogen) atoms. The molecular formula is C28H44N4O3. The molecule has 0 saturated carbocycles. The summed E-state index contributed by atoms with van der Waals surface area (Å²) in [5.74, 6) is 0.183. The maximum atomic E-state index is 13.4. The zero-order valence-corrected chi connectivity index (χ0v) is 21.7. The predicted octanol–water partition coefficient (Wildman–Crippen LogP) is 3.28. The highest BCUT2D eigenvalue weighted by Gasteiger charge is 2.52. The van der Waals surface area contributed by atoms with Gasteiger partial charge in [-0.1, -0.05) is 50.6 Å². The Labute approximate surface area is 211 Å². The zero-order chi connectivity index (χ0) is 25.1. The Morgan fingerprint density at radius 2 is 1.77 bits per heavy atom. The van der Waals surface area contributed by atoms with Crippen molar-refractivity contribution in [3.8, 4) is 0 Å². The summed E-state index contributed by atoms with van der Waals surface area (Å²) in [6, 6.07) is 10.0. The molecule has 7 heteroatoms. The highest BCUT2D eigenvalue weighted by molar-refractivity contribution is 6.00. The maximum absolute atomic E-state index is 13.4. The van der Waals surface area contributed by atoms with Gasteiger partial charge in [-0.3, -0.25) is 14.4 Å². The topological polar surface area (TPSA) is 81.8 Å². The lowest BCUT2D eigenvalue weighted by atomic mass is 9.81. The summed E-state index contributed by atoms with van der Waals surface area (Å²) in [6.45, 7) is 8.02. The molecule has 1 aromatic rings. The van der Waals surface area contributed by atoms with E-state index in [0.717, 1.165) is 58.2 Å². The Bertz CT molecular complexity index is 821. The molecule has 2 aliphatic rings. The van der Waals surface area contributed by atoms with Gasteiger partial charge >= 0.3 is 0 Å². The van der Waals surface area contributed by atoms with Crippen molar-refractivity contribution >= 4 is 17.7 Å². The average Bonchev–Trinajstić information content (AvgIpc) is 2.88. The van der Waals surface area contributed by atoms with E-state index < -0.39 is 11.6 Å². The minimum absolute atomic E-state index is 0.0196. The van der Waals surface area contributed by atoms with Crippen LogP contribution in [0, 0.1) is 0 Å². The number of hydrogen-bond acceptors (Lipinski definition) is 4. The van der Waals surface area contributed by atoms with Crippen molar-refractivity contribution in [2.24, 2.45) is 0 Å². The van der Waals surface area contributed by atoms with Crippen LogP contribution in [-0.4, -0.2) is 71.8 Å². The van der Waals surface area contributed by atoms with Gasteiger partial charge in [0.05, 0.1) is 0 Å². The minimum atomic E-state index is -0.708. The molecular weight excluding hydrogens is 440 g/mol. The average molecular weight is 485 g/mol.